The Morgan fingerprint density at radius 2 is 2.17 bits per heavy atom. The van der Waals surface area contributed by atoms with E-state index in [2.05, 4.69) is 23.7 Å². The summed E-state index contributed by atoms with van der Waals surface area (Å²) in [6, 6.07) is 8.27. The van der Waals surface area contributed by atoms with E-state index in [1.165, 1.54) is 10.9 Å². The summed E-state index contributed by atoms with van der Waals surface area (Å²) in [5.74, 6) is 0.0294. The van der Waals surface area contributed by atoms with Gasteiger partial charge in [-0.2, -0.15) is 0 Å². The highest BCUT2D eigenvalue weighted by molar-refractivity contribution is 5.99. The van der Waals surface area contributed by atoms with E-state index in [9.17, 15) is 9.90 Å². The molecule has 3 aliphatic heterocycles. The zero-order valence-electron chi connectivity index (χ0n) is 13.0. The number of amides is 1. The molecule has 2 aromatic rings. The molecule has 23 heavy (non-hydrogen) atoms. The Morgan fingerprint density at radius 1 is 1.35 bits per heavy atom. The van der Waals surface area contributed by atoms with Crippen molar-refractivity contribution < 1.29 is 9.90 Å². The molecule has 3 aliphatic rings. The number of rotatable bonds is 1. The number of allylic oxidation sites excluding steroid dienone is 1. The molecule has 4 nitrogen and oxygen atoms in total. The van der Waals surface area contributed by atoms with Crippen LogP contribution in [-0.2, 0) is 11.2 Å². The fourth-order valence-corrected chi connectivity index (χ4v) is 3.93. The number of fused-ring (bicyclic) bond motifs is 4. The van der Waals surface area contributed by atoms with Gasteiger partial charge in [-0.05, 0) is 36.1 Å². The molecule has 1 amide bonds. The van der Waals surface area contributed by atoms with Gasteiger partial charge in [0.1, 0.15) is 0 Å². The van der Waals surface area contributed by atoms with Crippen LogP contribution < -0.4 is 0 Å². The minimum Gasteiger partial charge on any atom is -0.392 e. The minimum absolute atomic E-state index is 0.0178. The van der Waals surface area contributed by atoms with Crippen molar-refractivity contribution in [3.8, 4) is 0 Å². The van der Waals surface area contributed by atoms with Crippen LogP contribution in [0.15, 0.2) is 42.5 Å². The average Bonchev–Trinajstić information content (AvgIpc) is 2.96. The summed E-state index contributed by atoms with van der Waals surface area (Å²) < 4.78 is 0. The van der Waals surface area contributed by atoms with Gasteiger partial charge in [-0.25, -0.2) is 0 Å². The Labute approximate surface area is 135 Å². The molecule has 1 fully saturated rings. The summed E-state index contributed by atoms with van der Waals surface area (Å²) in [6.07, 6.45) is 3.34. The van der Waals surface area contributed by atoms with Gasteiger partial charge in [0.2, 0.25) is 5.91 Å². The largest absolute Gasteiger partial charge is 0.392 e. The number of aliphatic hydroxyl groups excluding tert-OH is 1. The van der Waals surface area contributed by atoms with Crippen LogP contribution in [0.1, 0.15) is 17.7 Å². The summed E-state index contributed by atoms with van der Waals surface area (Å²) >= 11 is 0. The zero-order chi connectivity index (χ0) is 16.0. The van der Waals surface area contributed by atoms with Gasteiger partial charge in [-0.15, -0.1) is 0 Å². The number of aliphatic hydroxyl groups is 1. The molecule has 0 saturated carbocycles. The number of carbonyl (C=O) groups is 1. The summed E-state index contributed by atoms with van der Waals surface area (Å²) in [4.78, 5) is 18.1. The highest BCUT2D eigenvalue weighted by Gasteiger charge is 2.35. The lowest BCUT2D eigenvalue weighted by atomic mass is 9.83. The predicted molar refractivity (Wildman–Crippen MR) is 90.9 cm³/mol. The molecule has 1 saturated heterocycles. The number of hydrogen-bond acceptors (Lipinski definition) is 2. The summed E-state index contributed by atoms with van der Waals surface area (Å²) in [5.41, 5.74) is 5.09. The number of nitrogens with one attached hydrogen (secondary N) is 1. The molecule has 0 aliphatic carbocycles. The van der Waals surface area contributed by atoms with E-state index < -0.39 is 0 Å². The number of para-hydroxylation sites is 1. The predicted octanol–water partition coefficient (Wildman–Crippen LogP) is 2.50. The van der Waals surface area contributed by atoms with Gasteiger partial charge in [0.15, 0.2) is 0 Å². The van der Waals surface area contributed by atoms with E-state index in [4.69, 9.17) is 0 Å². The van der Waals surface area contributed by atoms with Gasteiger partial charge in [-0.1, -0.05) is 24.8 Å². The lowest BCUT2D eigenvalue weighted by molar-refractivity contribution is -0.129. The van der Waals surface area contributed by atoms with Crippen LogP contribution in [0.5, 0.6) is 0 Å². The first-order chi connectivity index (χ1) is 11.2. The molecule has 1 aromatic carbocycles. The number of H-pyrrole nitrogens is 1. The fraction of sp³-hybridized carbons (Fsp3) is 0.316. The van der Waals surface area contributed by atoms with E-state index >= 15 is 0 Å². The third kappa shape index (κ3) is 2.13. The molecule has 1 atom stereocenters. The number of piperidine rings is 1. The number of aromatic amines is 1. The minimum atomic E-state index is -0.113. The second-order valence-corrected chi connectivity index (χ2v) is 6.27. The van der Waals surface area contributed by atoms with Crippen molar-refractivity contribution in [3.05, 3.63) is 53.8 Å². The fourth-order valence-electron chi connectivity index (χ4n) is 3.93. The van der Waals surface area contributed by atoms with Crippen molar-refractivity contribution in [1.82, 2.24) is 9.88 Å². The SMILES string of the molecule is C=C1c2[nH]c3ccccc3c2CCN2CCC1/C(=C/CO)C2=O. The Morgan fingerprint density at radius 3 is 3.00 bits per heavy atom. The maximum atomic E-state index is 12.7. The summed E-state index contributed by atoms with van der Waals surface area (Å²) in [7, 11) is 0. The Kier molecular flexibility index (Phi) is 3.34. The normalized spacial score (nSPS) is 23.1. The van der Waals surface area contributed by atoms with Gasteiger partial charge in [0, 0.05) is 41.2 Å². The topological polar surface area (TPSA) is 56.3 Å². The van der Waals surface area contributed by atoms with Crippen molar-refractivity contribution >= 4 is 22.4 Å². The number of benzene rings is 1. The monoisotopic (exact) mass is 308 g/mol. The van der Waals surface area contributed by atoms with Crippen molar-refractivity contribution in [2.45, 2.75) is 12.8 Å². The van der Waals surface area contributed by atoms with Crippen LogP contribution in [0.2, 0.25) is 0 Å². The number of aromatic nitrogens is 1. The van der Waals surface area contributed by atoms with Crippen LogP contribution >= 0.6 is 0 Å². The van der Waals surface area contributed by atoms with Crippen molar-refractivity contribution in [1.29, 1.82) is 0 Å². The van der Waals surface area contributed by atoms with E-state index in [-0.39, 0.29) is 18.4 Å². The smallest absolute Gasteiger partial charge is 0.250 e. The first-order valence-electron chi connectivity index (χ1n) is 8.09. The number of hydrogen-bond donors (Lipinski definition) is 2. The second-order valence-electron chi connectivity index (χ2n) is 6.27. The standard InChI is InChI=1S/C19H20N2O2/c1-12-13-6-9-21(19(23)16(13)8-11-22)10-7-15-14-4-2-3-5-17(14)20-18(12)15/h2-5,8,13,20,22H,1,6-7,9-11H2/b16-8-. The zero-order valence-corrected chi connectivity index (χ0v) is 13.0. The molecule has 0 radical (unpaired) electrons. The van der Waals surface area contributed by atoms with Gasteiger partial charge in [-0.3, -0.25) is 4.79 Å². The van der Waals surface area contributed by atoms with Gasteiger partial charge in [0.25, 0.3) is 0 Å². The molecule has 0 spiro atoms. The molecule has 5 rings (SSSR count). The van der Waals surface area contributed by atoms with E-state index in [1.54, 1.807) is 6.08 Å². The summed E-state index contributed by atoms with van der Waals surface area (Å²) in [5, 5.41) is 10.5. The highest BCUT2D eigenvalue weighted by atomic mass is 16.2. The molecule has 4 heterocycles. The molecule has 2 N–H and O–H groups in total. The number of nitrogens with zero attached hydrogens (tertiary/aromatic N) is 1. The van der Waals surface area contributed by atoms with Gasteiger partial charge >= 0.3 is 0 Å². The lowest BCUT2D eigenvalue weighted by Gasteiger charge is -2.33. The van der Waals surface area contributed by atoms with Gasteiger partial charge in [0.05, 0.1) is 6.61 Å². The Bertz CT molecular complexity index is 831. The molecule has 118 valence electrons. The lowest BCUT2D eigenvalue weighted by Crippen LogP contribution is -2.41. The third-order valence-corrected chi connectivity index (χ3v) is 5.10. The molecule has 4 heteroatoms. The van der Waals surface area contributed by atoms with Gasteiger partial charge < -0.3 is 15.0 Å². The number of carbonyl (C=O) groups excluding carboxylic acids is 1. The third-order valence-electron chi connectivity index (χ3n) is 5.10. The maximum Gasteiger partial charge on any atom is 0.250 e. The molecule has 1 unspecified atom stereocenters. The first-order valence-corrected chi connectivity index (χ1v) is 8.09. The van der Waals surface area contributed by atoms with Crippen LogP contribution in [-0.4, -0.2) is 40.6 Å². The molecule has 1 aromatic heterocycles. The Balaban J connectivity index is 1.90. The second kappa shape index (κ2) is 5.39. The van der Waals surface area contributed by atoms with Crippen molar-refractivity contribution in [2.24, 2.45) is 5.92 Å². The summed E-state index contributed by atoms with van der Waals surface area (Å²) in [6.45, 7) is 5.66. The van der Waals surface area contributed by atoms with E-state index in [0.717, 1.165) is 36.2 Å². The van der Waals surface area contributed by atoms with Crippen LogP contribution in [0.4, 0.5) is 0 Å². The maximum absolute atomic E-state index is 12.7. The van der Waals surface area contributed by atoms with Crippen molar-refractivity contribution in [2.75, 3.05) is 19.7 Å². The quantitative estimate of drug-likeness (QED) is 0.795. The highest BCUT2D eigenvalue weighted by Crippen LogP contribution is 2.39. The average molecular weight is 308 g/mol. The van der Waals surface area contributed by atoms with Crippen LogP contribution in [0, 0.1) is 5.92 Å². The molecular weight excluding hydrogens is 288 g/mol. The molecular formula is C19H20N2O2. The first kappa shape index (κ1) is 14.3. The van der Waals surface area contributed by atoms with E-state index in [1.807, 2.05) is 17.0 Å². The van der Waals surface area contributed by atoms with Crippen molar-refractivity contribution in [3.63, 3.8) is 0 Å². The Hall–Kier alpha value is -2.33. The van der Waals surface area contributed by atoms with Crippen LogP contribution in [0.3, 0.4) is 0 Å². The van der Waals surface area contributed by atoms with Crippen LogP contribution in [0.25, 0.3) is 16.5 Å². The molecule has 2 bridgehead atoms. The van der Waals surface area contributed by atoms with E-state index in [0.29, 0.717) is 12.1 Å².